The monoisotopic (exact) mass is 493 g/mol. The Labute approximate surface area is 209 Å². The fourth-order valence-corrected chi connectivity index (χ4v) is 4.10. The number of carbonyl (C=O) groups is 1. The topological polar surface area (TPSA) is 124 Å². The van der Waals surface area contributed by atoms with Crippen molar-refractivity contribution in [2.75, 3.05) is 20.8 Å². The van der Waals surface area contributed by atoms with Crippen LogP contribution in [0.2, 0.25) is 0 Å². The minimum Gasteiger partial charge on any atom is -0.497 e. The Balaban J connectivity index is 0.000000325. The highest BCUT2D eigenvalue weighted by Gasteiger charge is 2.47. The van der Waals surface area contributed by atoms with Crippen LogP contribution in [0.25, 0.3) is 10.9 Å². The predicted octanol–water partition coefficient (Wildman–Crippen LogP) is 2.69. The van der Waals surface area contributed by atoms with Gasteiger partial charge in [-0.1, -0.05) is 12.1 Å². The van der Waals surface area contributed by atoms with Crippen LogP contribution in [0.3, 0.4) is 0 Å². The molecule has 1 aliphatic carbocycles. The molecule has 2 aliphatic rings. The maximum Gasteiger partial charge on any atom is 0.369 e. The number of aromatic nitrogens is 1. The van der Waals surface area contributed by atoms with E-state index >= 15 is 0 Å². The Morgan fingerprint density at radius 3 is 2.25 bits per heavy atom. The summed E-state index contributed by atoms with van der Waals surface area (Å²) in [7, 11) is 3.25. The molecule has 1 fully saturated rings. The van der Waals surface area contributed by atoms with E-state index in [4.69, 9.17) is 24.8 Å². The average molecular weight is 494 g/mol. The smallest absolute Gasteiger partial charge is 0.369 e. The van der Waals surface area contributed by atoms with Gasteiger partial charge in [-0.25, -0.2) is 0 Å². The van der Waals surface area contributed by atoms with Crippen molar-refractivity contribution in [3.05, 3.63) is 77.1 Å². The van der Waals surface area contributed by atoms with Crippen molar-refractivity contribution in [2.24, 2.45) is 0 Å². The van der Waals surface area contributed by atoms with E-state index in [2.05, 4.69) is 16.4 Å². The van der Waals surface area contributed by atoms with Gasteiger partial charge >= 0.3 is 6.10 Å². The Bertz CT molecular complexity index is 1310. The SMILES string of the molecule is COc1ccc(C)c(C(=O)NC2(c3cc(OC)cc4nc(C)ccc34)CC2)c1.OC(O)(O)N1C=CC1. The molecule has 0 saturated heterocycles. The van der Waals surface area contributed by atoms with Crippen molar-refractivity contribution in [1.29, 1.82) is 0 Å². The third kappa shape index (κ3) is 5.28. The van der Waals surface area contributed by atoms with Crippen molar-refractivity contribution >= 4 is 16.8 Å². The van der Waals surface area contributed by atoms with E-state index in [1.54, 1.807) is 26.4 Å². The number of amides is 1. The Morgan fingerprint density at radius 1 is 1.03 bits per heavy atom. The number of carbonyl (C=O) groups excluding carboxylic acids is 1. The van der Waals surface area contributed by atoms with Gasteiger partial charge in [-0.05, 0) is 68.2 Å². The first-order valence-corrected chi connectivity index (χ1v) is 11.6. The molecule has 36 heavy (non-hydrogen) atoms. The molecule has 2 aromatic carbocycles. The zero-order chi connectivity index (χ0) is 26.1. The highest BCUT2D eigenvalue weighted by atomic mass is 16.7. The van der Waals surface area contributed by atoms with Crippen LogP contribution in [0.1, 0.15) is 40.0 Å². The molecule has 0 atom stereocenters. The third-order valence-electron chi connectivity index (χ3n) is 6.44. The second-order valence-electron chi connectivity index (χ2n) is 9.05. The summed E-state index contributed by atoms with van der Waals surface area (Å²) in [5, 5.41) is 29.3. The molecular weight excluding hydrogens is 462 g/mol. The largest absolute Gasteiger partial charge is 0.497 e. The van der Waals surface area contributed by atoms with Crippen LogP contribution < -0.4 is 14.8 Å². The predicted molar refractivity (Wildman–Crippen MR) is 134 cm³/mol. The van der Waals surface area contributed by atoms with Crippen molar-refractivity contribution in [1.82, 2.24) is 15.2 Å². The van der Waals surface area contributed by atoms with E-state index in [0.29, 0.717) is 17.9 Å². The number of aryl methyl sites for hydroxylation is 2. The number of nitrogens with zero attached hydrogens (tertiary/aromatic N) is 2. The summed E-state index contributed by atoms with van der Waals surface area (Å²) in [6.45, 7) is 4.28. The number of benzene rings is 2. The van der Waals surface area contributed by atoms with Gasteiger partial charge in [-0.15, -0.1) is 0 Å². The van der Waals surface area contributed by atoms with Gasteiger partial charge in [-0.3, -0.25) is 14.7 Å². The molecule has 190 valence electrons. The number of pyridine rings is 1. The lowest BCUT2D eigenvalue weighted by Gasteiger charge is -2.32. The summed E-state index contributed by atoms with van der Waals surface area (Å²) in [5.41, 5.74) is 4.05. The molecule has 9 heteroatoms. The minimum atomic E-state index is -2.66. The van der Waals surface area contributed by atoms with E-state index in [1.807, 2.05) is 44.2 Å². The lowest BCUT2D eigenvalue weighted by molar-refractivity contribution is -0.383. The quantitative estimate of drug-likeness (QED) is 0.387. The molecule has 2 heterocycles. The number of hydrogen-bond acceptors (Lipinski definition) is 8. The lowest BCUT2D eigenvalue weighted by Crippen LogP contribution is -2.48. The molecule has 1 aliphatic heterocycles. The molecule has 0 bridgehead atoms. The van der Waals surface area contributed by atoms with Gasteiger partial charge in [0.2, 0.25) is 0 Å². The van der Waals surface area contributed by atoms with Crippen LogP contribution in [0, 0.1) is 13.8 Å². The third-order valence-corrected chi connectivity index (χ3v) is 6.44. The van der Waals surface area contributed by atoms with Crippen molar-refractivity contribution < 1.29 is 29.6 Å². The van der Waals surface area contributed by atoms with Crippen LogP contribution in [-0.4, -0.2) is 58.0 Å². The van der Waals surface area contributed by atoms with Gasteiger partial charge in [0.15, 0.2) is 0 Å². The molecule has 1 saturated carbocycles. The molecule has 5 rings (SSSR count). The van der Waals surface area contributed by atoms with E-state index in [-0.39, 0.29) is 5.91 Å². The number of rotatable bonds is 6. The van der Waals surface area contributed by atoms with E-state index in [9.17, 15) is 4.79 Å². The summed E-state index contributed by atoms with van der Waals surface area (Å²) in [4.78, 5) is 18.7. The molecule has 4 N–H and O–H groups in total. The normalized spacial score (nSPS) is 15.5. The highest BCUT2D eigenvalue weighted by Crippen LogP contribution is 2.49. The van der Waals surface area contributed by atoms with Gasteiger partial charge in [0.25, 0.3) is 5.91 Å². The first-order chi connectivity index (χ1) is 17.1. The van der Waals surface area contributed by atoms with Crippen LogP contribution in [0.5, 0.6) is 11.5 Å². The van der Waals surface area contributed by atoms with Gasteiger partial charge < -0.3 is 30.1 Å². The van der Waals surface area contributed by atoms with Crippen LogP contribution in [0.4, 0.5) is 0 Å². The molecule has 9 nitrogen and oxygen atoms in total. The number of methoxy groups -OCH3 is 2. The second kappa shape index (κ2) is 9.77. The molecule has 0 radical (unpaired) electrons. The summed E-state index contributed by atoms with van der Waals surface area (Å²) >= 11 is 0. The van der Waals surface area contributed by atoms with E-state index in [0.717, 1.165) is 51.2 Å². The summed E-state index contributed by atoms with van der Waals surface area (Å²) in [6.07, 6.45) is 2.20. The fraction of sp³-hybridized carbons (Fsp3) is 0.333. The van der Waals surface area contributed by atoms with Crippen LogP contribution in [0.15, 0.2) is 54.7 Å². The lowest BCUT2D eigenvalue weighted by atomic mass is 9.97. The fourth-order valence-electron chi connectivity index (χ4n) is 4.10. The first kappa shape index (κ1) is 25.4. The maximum atomic E-state index is 13.1. The number of hydrogen-bond donors (Lipinski definition) is 4. The zero-order valence-corrected chi connectivity index (χ0v) is 20.8. The second-order valence-corrected chi connectivity index (χ2v) is 9.05. The summed E-state index contributed by atoms with van der Waals surface area (Å²) in [5.74, 6) is 1.33. The van der Waals surface area contributed by atoms with Gasteiger partial charge in [-0.2, -0.15) is 0 Å². The van der Waals surface area contributed by atoms with Gasteiger partial charge in [0.1, 0.15) is 11.5 Å². The molecule has 1 amide bonds. The van der Waals surface area contributed by atoms with Crippen molar-refractivity contribution in [2.45, 2.75) is 38.3 Å². The molecular formula is C27H31N3O6. The average Bonchev–Trinajstić information content (AvgIpc) is 3.56. The molecule has 1 aromatic heterocycles. The molecule has 0 spiro atoms. The Kier molecular flexibility index (Phi) is 6.90. The van der Waals surface area contributed by atoms with Crippen LogP contribution >= 0.6 is 0 Å². The number of aliphatic hydroxyl groups is 3. The zero-order valence-electron chi connectivity index (χ0n) is 20.8. The number of fused-ring (bicyclic) bond motifs is 1. The number of ether oxygens (including phenoxy) is 2. The first-order valence-electron chi connectivity index (χ1n) is 11.6. The molecule has 3 aromatic rings. The molecule has 0 unspecified atom stereocenters. The standard InChI is InChI=1S/C23H24N2O3.C4H7NO3/c1-14-5-7-16(27-3)11-19(14)22(26)25-23(9-10-23)20-12-17(28-4)13-21-18(20)8-6-15(2)24-21;6-4(7,8)5-2-1-3-5/h5-8,11-13H,9-10H2,1-4H3,(H,25,26);1-2,6-8H,3H2. The summed E-state index contributed by atoms with van der Waals surface area (Å²) in [6, 6.07) is 13.6. The Morgan fingerprint density at radius 2 is 1.72 bits per heavy atom. The number of nitrogens with one attached hydrogen (secondary N) is 1. The van der Waals surface area contributed by atoms with E-state index < -0.39 is 11.6 Å². The minimum absolute atomic E-state index is 0.0926. The van der Waals surface area contributed by atoms with Gasteiger partial charge in [0.05, 0.1) is 25.3 Å². The maximum absolute atomic E-state index is 13.1. The van der Waals surface area contributed by atoms with E-state index in [1.165, 1.54) is 6.20 Å². The van der Waals surface area contributed by atoms with Gasteiger partial charge in [0, 0.05) is 35.5 Å². The Hall–Kier alpha value is -3.66. The van der Waals surface area contributed by atoms with Crippen molar-refractivity contribution in [3.63, 3.8) is 0 Å². The highest BCUT2D eigenvalue weighted by molar-refractivity contribution is 5.97. The van der Waals surface area contributed by atoms with Crippen molar-refractivity contribution in [3.8, 4) is 11.5 Å². The van der Waals surface area contributed by atoms with Crippen LogP contribution in [-0.2, 0) is 5.54 Å². The summed E-state index contributed by atoms with van der Waals surface area (Å²) < 4.78 is 10.8.